The molecule has 0 radical (unpaired) electrons. The molecule has 11 heteroatoms. The summed E-state index contributed by atoms with van der Waals surface area (Å²) in [4.78, 5) is 0. The van der Waals surface area contributed by atoms with Crippen LogP contribution in [0, 0.1) is 0 Å². The van der Waals surface area contributed by atoms with Crippen LogP contribution in [0.15, 0.2) is 0 Å². The van der Waals surface area contributed by atoms with E-state index in [1.165, 1.54) is 0 Å². The molecule has 0 fully saturated rings. The molecule has 0 aliphatic heterocycles. The van der Waals surface area contributed by atoms with Crippen LogP contribution < -0.4 is 0 Å². The fourth-order valence-electron chi connectivity index (χ4n) is 0.158. The first-order chi connectivity index (χ1) is 4.83. The van der Waals surface area contributed by atoms with Gasteiger partial charge in [-0.3, -0.25) is 0 Å². The zero-order valence-electron chi connectivity index (χ0n) is 5.67. The van der Waals surface area contributed by atoms with E-state index in [0.29, 0.717) is 0 Å². The third-order valence-corrected chi connectivity index (χ3v) is 7.88. The maximum absolute atomic E-state index is 10.4. The number of rotatable bonds is 4. The molecule has 0 N–H and O–H groups in total. The number of hydrogen-bond donors (Lipinski definition) is 0. The van der Waals surface area contributed by atoms with Crippen LogP contribution in [0.5, 0.6) is 0 Å². The first kappa shape index (κ1) is 13.1. The van der Waals surface area contributed by atoms with E-state index in [1.54, 1.807) is 0 Å². The van der Waals surface area contributed by atoms with Gasteiger partial charge in [0.15, 0.2) is 0 Å². The van der Waals surface area contributed by atoms with Crippen LogP contribution in [0.1, 0.15) is 0 Å². The molecule has 0 atom stereocenters. The van der Waals surface area contributed by atoms with Gasteiger partial charge >= 0.3 is 105 Å². The third kappa shape index (κ3) is 6.25. The predicted octanol–water partition coefficient (Wildman–Crippen LogP) is -1.45. The van der Waals surface area contributed by atoms with E-state index < -0.39 is 27.2 Å². The van der Waals surface area contributed by atoms with Crippen LogP contribution in [0.3, 0.4) is 0 Å². The normalized spacial score (nSPS) is 13.5. The molecule has 0 saturated heterocycles. The average molecular weight is 262 g/mol. The van der Waals surface area contributed by atoms with Gasteiger partial charge in [0.1, 0.15) is 0 Å². The minimum atomic E-state index is -5.10. The Labute approximate surface area is 103 Å². The Bertz CT molecular complexity index is 263. The summed E-state index contributed by atoms with van der Waals surface area (Å²) in [5.41, 5.74) is 0. The predicted molar refractivity (Wildman–Crippen MR) is 17.5 cm³/mol. The van der Waals surface area contributed by atoms with Crippen LogP contribution >= 0.6 is 0 Å². The van der Waals surface area contributed by atoms with Gasteiger partial charge < -0.3 is 0 Å². The summed E-state index contributed by atoms with van der Waals surface area (Å²) in [5.74, 6) is 0. The monoisotopic (exact) mass is 262 g/mol. The van der Waals surface area contributed by atoms with Gasteiger partial charge in [0.2, 0.25) is 0 Å². The van der Waals surface area contributed by atoms with Crippen molar-refractivity contribution >= 4 is 56.8 Å². The summed E-state index contributed by atoms with van der Waals surface area (Å²) in [6.07, 6.45) is 0. The first-order valence-electron chi connectivity index (χ1n) is 2.15. The van der Waals surface area contributed by atoms with Crippen LogP contribution in [0.2, 0.25) is 0 Å². The van der Waals surface area contributed by atoms with Crippen LogP contribution in [-0.2, 0) is 48.2 Å². The van der Waals surface area contributed by atoms with Crippen LogP contribution in [0.4, 0.5) is 0 Å². The van der Waals surface area contributed by atoms with Gasteiger partial charge in [0.25, 0.3) is 0 Å². The zero-order chi connectivity index (χ0) is 9.12. The van der Waals surface area contributed by atoms with Gasteiger partial charge in [-0.25, -0.2) is 0 Å². The van der Waals surface area contributed by atoms with Gasteiger partial charge in [-0.1, -0.05) is 0 Å². The summed E-state index contributed by atoms with van der Waals surface area (Å²) in [6, 6.07) is 0. The Balaban J connectivity index is 4.54. The molecule has 11 heavy (non-hydrogen) atoms. The quantitative estimate of drug-likeness (QED) is 0.572. The molecule has 0 heterocycles. The molecule has 7 nitrogen and oxygen atoms in total. The molecular weight excluding hydrogens is 262 g/mol. The van der Waals surface area contributed by atoms with Crippen molar-refractivity contribution in [3.05, 3.63) is 0 Å². The van der Waals surface area contributed by atoms with Crippen molar-refractivity contribution in [3.63, 3.8) is 0 Å². The number of hydrogen-bond acceptors (Lipinski definition) is 7. The molecule has 0 unspecified atom stereocenters. The molecule has 0 saturated carbocycles. The minimum absolute atomic E-state index is 0.134. The van der Waals surface area contributed by atoms with E-state index >= 15 is 0 Å². The fourth-order valence-corrected chi connectivity index (χ4v) is 4.57. The molecule has 0 spiro atoms. The first-order valence-corrected chi connectivity index (χ1v) is 7.95. The molecular formula is Cr2Na2O7. The molecule has 0 aliphatic carbocycles. The molecule has 0 rings (SSSR count). The SMILES string of the molecule is [O]=[Cr](=[O])([O][Na])[O][Cr](=[O])(=[O])[O][Na]. The summed E-state index contributed by atoms with van der Waals surface area (Å²) in [7, 11) is 0. The van der Waals surface area contributed by atoms with Crippen molar-refractivity contribution in [2.45, 2.75) is 0 Å². The van der Waals surface area contributed by atoms with Gasteiger partial charge in [-0.05, 0) is 0 Å². The fraction of sp³-hybridized carbons (Fsp3) is 0. The van der Waals surface area contributed by atoms with Crippen molar-refractivity contribution in [2.24, 2.45) is 0 Å². The van der Waals surface area contributed by atoms with E-state index in [2.05, 4.69) is 5.79 Å². The van der Waals surface area contributed by atoms with E-state index in [1.807, 2.05) is 0 Å². The molecule has 56 valence electrons. The molecule has 0 amide bonds. The van der Waals surface area contributed by atoms with Crippen LogP contribution in [0.25, 0.3) is 0 Å². The Morgan fingerprint density at radius 3 is 1.27 bits per heavy atom. The molecule has 0 aliphatic rings. The summed E-state index contributed by atoms with van der Waals surface area (Å²) in [6.45, 7) is 0. The standard InChI is InChI=1S/2Cr.2Na.7O. The van der Waals surface area contributed by atoms with E-state index in [9.17, 15) is 15.2 Å². The second-order valence-corrected chi connectivity index (χ2v) is 8.65. The molecule has 0 bridgehead atoms. The van der Waals surface area contributed by atoms with Crippen molar-refractivity contribution in [3.8, 4) is 0 Å². The van der Waals surface area contributed by atoms with Crippen molar-refractivity contribution in [2.75, 3.05) is 0 Å². The summed E-state index contributed by atoms with van der Waals surface area (Å²) in [5, 5.41) is 0. The molecule has 0 aromatic rings. The zero-order valence-corrected chi connectivity index (χ0v) is 12.2. The van der Waals surface area contributed by atoms with Crippen LogP contribution in [-0.4, -0.2) is 56.8 Å². The third-order valence-electron chi connectivity index (χ3n) is 0.575. The van der Waals surface area contributed by atoms with E-state index in [0.717, 1.165) is 0 Å². The maximum atomic E-state index is 10.4. The average Bonchev–Trinajstić information content (AvgIpc) is 1.86. The summed E-state index contributed by atoms with van der Waals surface area (Å²) < 4.78 is 53.1. The molecule has 0 aromatic heterocycles. The van der Waals surface area contributed by atoms with Crippen molar-refractivity contribution in [1.82, 2.24) is 0 Å². The van der Waals surface area contributed by atoms with E-state index in [-0.39, 0.29) is 56.8 Å². The van der Waals surface area contributed by atoms with Gasteiger partial charge in [-0.2, -0.15) is 0 Å². The topological polar surface area (TPSA) is 96.0 Å². The van der Waals surface area contributed by atoms with Crippen molar-refractivity contribution < 1.29 is 48.2 Å². The van der Waals surface area contributed by atoms with E-state index in [4.69, 9.17) is 0 Å². The summed E-state index contributed by atoms with van der Waals surface area (Å²) >= 11 is -10.5. The van der Waals surface area contributed by atoms with Gasteiger partial charge in [0, 0.05) is 0 Å². The molecule has 0 aromatic carbocycles. The second kappa shape index (κ2) is 5.13. The van der Waals surface area contributed by atoms with Gasteiger partial charge in [-0.15, -0.1) is 0 Å². The van der Waals surface area contributed by atoms with Gasteiger partial charge in [0.05, 0.1) is 0 Å². The Morgan fingerprint density at radius 1 is 0.818 bits per heavy atom. The van der Waals surface area contributed by atoms with Crippen molar-refractivity contribution in [1.29, 1.82) is 0 Å². The second-order valence-electron chi connectivity index (χ2n) is 1.22. The Morgan fingerprint density at radius 2 is 1.09 bits per heavy atom. The Hall–Kier alpha value is 2.14. The Kier molecular flexibility index (Phi) is 6.13.